The molecule has 0 atom stereocenters. The van der Waals surface area contributed by atoms with Crippen molar-refractivity contribution < 1.29 is 13.2 Å². The van der Waals surface area contributed by atoms with Crippen LogP contribution in [-0.4, -0.2) is 6.54 Å². The maximum absolute atomic E-state index is 13.2. The summed E-state index contributed by atoms with van der Waals surface area (Å²) in [6, 6.07) is 5.18. The molecular weight excluding hydrogens is 236 g/mol. The highest BCUT2D eigenvalue weighted by Crippen LogP contribution is 2.26. The van der Waals surface area contributed by atoms with Gasteiger partial charge < -0.3 is 9.73 Å². The van der Waals surface area contributed by atoms with Crippen LogP contribution in [0.15, 0.2) is 34.9 Å². The second-order valence-corrected chi connectivity index (χ2v) is 4.09. The molecule has 1 heterocycles. The molecule has 0 saturated heterocycles. The predicted octanol–water partition coefficient (Wildman–Crippen LogP) is 3.72. The van der Waals surface area contributed by atoms with Crippen molar-refractivity contribution in [1.82, 2.24) is 5.32 Å². The van der Waals surface area contributed by atoms with E-state index >= 15 is 0 Å². The maximum atomic E-state index is 13.2. The normalized spacial score (nSPS) is 10.8. The molecule has 0 fully saturated rings. The summed E-state index contributed by atoms with van der Waals surface area (Å²) in [5.41, 5.74) is 1.21. The minimum absolute atomic E-state index is 0.495. The standard InChI is InChI=1S/C14H15F2NO/c1-2-4-17-9-14-13(3-5-18-14)10-6-11(15)8-12(16)7-10/h3,5-8,17H,2,4,9H2,1H3. The van der Waals surface area contributed by atoms with Crippen LogP contribution in [0.1, 0.15) is 19.1 Å². The van der Waals surface area contributed by atoms with E-state index in [1.165, 1.54) is 18.4 Å². The van der Waals surface area contributed by atoms with Crippen LogP contribution in [0.4, 0.5) is 8.78 Å². The Hall–Kier alpha value is -1.68. The Morgan fingerprint density at radius 2 is 1.89 bits per heavy atom. The molecule has 1 N–H and O–H groups in total. The molecule has 0 bridgehead atoms. The molecule has 0 aliphatic rings. The van der Waals surface area contributed by atoms with E-state index in [-0.39, 0.29) is 0 Å². The van der Waals surface area contributed by atoms with Gasteiger partial charge in [0, 0.05) is 11.6 Å². The van der Waals surface area contributed by atoms with Crippen molar-refractivity contribution in [3.63, 3.8) is 0 Å². The van der Waals surface area contributed by atoms with Crippen LogP contribution in [0.25, 0.3) is 11.1 Å². The van der Waals surface area contributed by atoms with E-state index in [9.17, 15) is 8.78 Å². The number of furan rings is 1. The Balaban J connectivity index is 2.24. The number of benzene rings is 1. The van der Waals surface area contributed by atoms with Crippen molar-refractivity contribution in [2.45, 2.75) is 19.9 Å². The lowest BCUT2D eigenvalue weighted by Gasteiger charge is -2.05. The largest absolute Gasteiger partial charge is 0.467 e. The van der Waals surface area contributed by atoms with Gasteiger partial charge in [-0.2, -0.15) is 0 Å². The summed E-state index contributed by atoms with van der Waals surface area (Å²) in [5, 5.41) is 3.20. The lowest BCUT2D eigenvalue weighted by atomic mass is 10.1. The van der Waals surface area contributed by atoms with Gasteiger partial charge in [0.25, 0.3) is 0 Å². The summed E-state index contributed by atoms with van der Waals surface area (Å²) < 4.78 is 31.7. The summed E-state index contributed by atoms with van der Waals surface area (Å²) >= 11 is 0. The summed E-state index contributed by atoms with van der Waals surface area (Å²) in [6.45, 7) is 3.49. The van der Waals surface area contributed by atoms with Crippen LogP contribution in [0.3, 0.4) is 0 Å². The lowest BCUT2D eigenvalue weighted by molar-refractivity contribution is 0.484. The summed E-state index contributed by atoms with van der Waals surface area (Å²) in [6.07, 6.45) is 2.55. The van der Waals surface area contributed by atoms with Crippen molar-refractivity contribution in [2.24, 2.45) is 0 Å². The smallest absolute Gasteiger partial charge is 0.126 e. The van der Waals surface area contributed by atoms with Crippen molar-refractivity contribution in [3.8, 4) is 11.1 Å². The fraction of sp³-hybridized carbons (Fsp3) is 0.286. The van der Waals surface area contributed by atoms with Crippen LogP contribution in [0, 0.1) is 11.6 Å². The van der Waals surface area contributed by atoms with E-state index in [2.05, 4.69) is 12.2 Å². The van der Waals surface area contributed by atoms with E-state index in [1.807, 2.05) is 0 Å². The van der Waals surface area contributed by atoms with Gasteiger partial charge in [0.15, 0.2) is 0 Å². The Morgan fingerprint density at radius 1 is 1.17 bits per heavy atom. The zero-order chi connectivity index (χ0) is 13.0. The minimum atomic E-state index is -0.585. The zero-order valence-electron chi connectivity index (χ0n) is 10.2. The Kier molecular flexibility index (Phi) is 4.10. The molecule has 4 heteroatoms. The molecule has 0 aliphatic heterocycles. The molecule has 0 spiro atoms. The van der Waals surface area contributed by atoms with Gasteiger partial charge in [-0.15, -0.1) is 0 Å². The summed E-state index contributed by atoms with van der Waals surface area (Å²) in [7, 11) is 0. The SMILES string of the molecule is CCCNCc1occc1-c1cc(F)cc(F)c1. The third-order valence-electron chi connectivity index (χ3n) is 2.63. The molecule has 1 aromatic carbocycles. The molecule has 0 saturated carbocycles. The van der Waals surface area contributed by atoms with E-state index in [0.29, 0.717) is 17.9 Å². The highest BCUT2D eigenvalue weighted by molar-refractivity contribution is 5.65. The van der Waals surface area contributed by atoms with Crippen molar-refractivity contribution in [3.05, 3.63) is 47.9 Å². The van der Waals surface area contributed by atoms with E-state index in [1.54, 1.807) is 6.07 Å². The van der Waals surface area contributed by atoms with Crippen LogP contribution >= 0.6 is 0 Å². The first kappa shape index (κ1) is 12.8. The fourth-order valence-corrected chi connectivity index (χ4v) is 1.82. The fourth-order valence-electron chi connectivity index (χ4n) is 1.82. The third-order valence-corrected chi connectivity index (χ3v) is 2.63. The average molecular weight is 251 g/mol. The zero-order valence-corrected chi connectivity index (χ0v) is 10.2. The van der Waals surface area contributed by atoms with Gasteiger partial charge in [-0.25, -0.2) is 8.78 Å². The number of hydrogen-bond donors (Lipinski definition) is 1. The molecule has 96 valence electrons. The number of rotatable bonds is 5. The Bertz CT molecular complexity index is 502. The molecule has 1 aromatic heterocycles. The molecule has 0 aliphatic carbocycles. The van der Waals surface area contributed by atoms with Crippen molar-refractivity contribution in [2.75, 3.05) is 6.54 Å². The van der Waals surface area contributed by atoms with Gasteiger partial charge in [-0.1, -0.05) is 6.92 Å². The molecule has 18 heavy (non-hydrogen) atoms. The van der Waals surface area contributed by atoms with Crippen LogP contribution in [0.2, 0.25) is 0 Å². The average Bonchev–Trinajstić information content (AvgIpc) is 2.76. The first-order valence-electron chi connectivity index (χ1n) is 5.94. The molecule has 0 amide bonds. The van der Waals surface area contributed by atoms with E-state index in [4.69, 9.17) is 4.42 Å². The Morgan fingerprint density at radius 3 is 2.56 bits per heavy atom. The highest BCUT2D eigenvalue weighted by Gasteiger charge is 2.10. The number of halogens is 2. The third kappa shape index (κ3) is 2.96. The number of nitrogens with one attached hydrogen (secondary N) is 1. The monoisotopic (exact) mass is 251 g/mol. The Labute approximate surface area is 105 Å². The van der Waals surface area contributed by atoms with Crippen molar-refractivity contribution in [1.29, 1.82) is 0 Å². The van der Waals surface area contributed by atoms with E-state index < -0.39 is 11.6 Å². The molecule has 2 rings (SSSR count). The molecule has 2 nitrogen and oxygen atoms in total. The van der Waals surface area contributed by atoms with Gasteiger partial charge in [-0.3, -0.25) is 0 Å². The van der Waals surface area contributed by atoms with Crippen LogP contribution in [0.5, 0.6) is 0 Å². The second kappa shape index (κ2) is 5.78. The van der Waals surface area contributed by atoms with Crippen LogP contribution in [-0.2, 0) is 6.54 Å². The van der Waals surface area contributed by atoms with E-state index in [0.717, 1.165) is 24.6 Å². The van der Waals surface area contributed by atoms with Crippen molar-refractivity contribution >= 4 is 0 Å². The number of hydrogen-bond acceptors (Lipinski definition) is 2. The van der Waals surface area contributed by atoms with Gasteiger partial charge >= 0.3 is 0 Å². The predicted molar refractivity (Wildman–Crippen MR) is 66.1 cm³/mol. The van der Waals surface area contributed by atoms with Gasteiger partial charge in [0.2, 0.25) is 0 Å². The first-order chi connectivity index (χ1) is 8.70. The van der Waals surface area contributed by atoms with Gasteiger partial charge in [0.1, 0.15) is 17.4 Å². The lowest BCUT2D eigenvalue weighted by Crippen LogP contribution is -2.13. The molecular formula is C14H15F2NO. The topological polar surface area (TPSA) is 25.2 Å². The quantitative estimate of drug-likeness (QED) is 0.819. The second-order valence-electron chi connectivity index (χ2n) is 4.09. The highest BCUT2D eigenvalue weighted by atomic mass is 19.1. The minimum Gasteiger partial charge on any atom is -0.467 e. The summed E-state index contributed by atoms with van der Waals surface area (Å²) in [4.78, 5) is 0. The molecule has 0 unspecified atom stereocenters. The molecule has 2 aromatic rings. The molecule has 0 radical (unpaired) electrons. The maximum Gasteiger partial charge on any atom is 0.126 e. The van der Waals surface area contributed by atoms with Crippen LogP contribution < -0.4 is 5.32 Å². The summed E-state index contributed by atoms with van der Waals surface area (Å²) in [5.74, 6) is -0.481. The van der Waals surface area contributed by atoms with Gasteiger partial charge in [-0.05, 0) is 36.7 Å². The first-order valence-corrected chi connectivity index (χ1v) is 5.94. The van der Waals surface area contributed by atoms with Gasteiger partial charge in [0.05, 0.1) is 12.8 Å².